The van der Waals surface area contributed by atoms with E-state index in [2.05, 4.69) is 55.6 Å². The summed E-state index contributed by atoms with van der Waals surface area (Å²) < 4.78 is 1.92. The largest absolute Gasteiger partial charge is 0.313 e. The molecule has 0 aliphatic heterocycles. The molecule has 0 aliphatic rings. The first kappa shape index (κ1) is 14.8. The van der Waals surface area contributed by atoms with Crippen molar-refractivity contribution in [1.29, 1.82) is 0 Å². The zero-order chi connectivity index (χ0) is 14.7. The summed E-state index contributed by atoms with van der Waals surface area (Å²) in [4.78, 5) is 0. The first-order valence-corrected chi connectivity index (χ1v) is 7.31. The van der Waals surface area contributed by atoms with E-state index in [4.69, 9.17) is 0 Å². The molecule has 20 heavy (non-hydrogen) atoms. The van der Waals surface area contributed by atoms with Crippen LogP contribution in [0.5, 0.6) is 0 Å². The van der Waals surface area contributed by atoms with Crippen molar-refractivity contribution in [3.63, 3.8) is 0 Å². The molecule has 2 aromatic rings. The molecule has 1 aromatic carbocycles. The minimum absolute atomic E-state index is 0.320. The maximum absolute atomic E-state index is 4.55. The highest BCUT2D eigenvalue weighted by molar-refractivity contribution is 5.32. The molecule has 0 saturated carbocycles. The Bertz CT molecular complexity index is 584. The van der Waals surface area contributed by atoms with Gasteiger partial charge in [-0.25, -0.2) is 0 Å². The van der Waals surface area contributed by atoms with Crippen LogP contribution in [0.25, 0.3) is 0 Å². The minimum Gasteiger partial charge on any atom is -0.313 e. The highest BCUT2D eigenvalue weighted by Crippen LogP contribution is 2.22. The molecule has 0 bridgehead atoms. The van der Waals surface area contributed by atoms with Crippen LogP contribution in [0.3, 0.4) is 0 Å². The SMILES string of the molecule is CCc1nn(C)cc1C(Cc1ccc(C)c(C)c1)NC. The predicted octanol–water partition coefficient (Wildman–Crippen LogP) is 3.10. The van der Waals surface area contributed by atoms with Crippen LogP contribution in [0, 0.1) is 13.8 Å². The molecule has 0 saturated heterocycles. The summed E-state index contributed by atoms with van der Waals surface area (Å²) >= 11 is 0. The van der Waals surface area contributed by atoms with Gasteiger partial charge in [0, 0.05) is 24.8 Å². The van der Waals surface area contributed by atoms with Crippen LogP contribution in [-0.2, 0) is 19.9 Å². The summed E-state index contributed by atoms with van der Waals surface area (Å²) in [6, 6.07) is 7.05. The van der Waals surface area contributed by atoms with Crippen LogP contribution in [0.2, 0.25) is 0 Å². The molecular formula is C17H25N3. The Morgan fingerprint density at radius 3 is 2.60 bits per heavy atom. The van der Waals surface area contributed by atoms with Gasteiger partial charge >= 0.3 is 0 Å². The van der Waals surface area contributed by atoms with Crippen molar-refractivity contribution in [2.24, 2.45) is 7.05 Å². The Balaban J connectivity index is 2.26. The standard InChI is InChI=1S/C17H25N3/c1-6-16-15(11-20(5)19-16)17(18-4)10-14-8-7-12(2)13(3)9-14/h7-9,11,17-18H,6,10H2,1-5H3. The molecule has 3 heteroatoms. The number of aromatic nitrogens is 2. The normalized spacial score (nSPS) is 12.7. The van der Waals surface area contributed by atoms with Crippen LogP contribution in [0.1, 0.15) is 40.9 Å². The molecule has 0 fully saturated rings. The average molecular weight is 271 g/mol. The van der Waals surface area contributed by atoms with Gasteiger partial charge in [0.05, 0.1) is 5.69 Å². The number of likely N-dealkylation sites (N-methyl/N-ethyl adjacent to an activating group) is 1. The van der Waals surface area contributed by atoms with Gasteiger partial charge in [0.2, 0.25) is 0 Å². The summed E-state index contributed by atoms with van der Waals surface area (Å²) in [6.07, 6.45) is 4.11. The van der Waals surface area contributed by atoms with E-state index >= 15 is 0 Å². The fraction of sp³-hybridized carbons (Fsp3) is 0.471. The molecule has 0 spiro atoms. The van der Waals surface area contributed by atoms with Gasteiger partial charge in [-0.3, -0.25) is 4.68 Å². The molecule has 2 rings (SSSR count). The van der Waals surface area contributed by atoms with Crippen molar-refractivity contribution in [3.05, 3.63) is 52.3 Å². The summed E-state index contributed by atoms with van der Waals surface area (Å²) in [5.74, 6) is 0. The van der Waals surface area contributed by atoms with Crippen molar-refractivity contribution < 1.29 is 0 Å². The molecule has 0 radical (unpaired) electrons. The quantitative estimate of drug-likeness (QED) is 0.905. The van der Waals surface area contributed by atoms with E-state index in [1.165, 1.54) is 27.9 Å². The van der Waals surface area contributed by atoms with E-state index in [9.17, 15) is 0 Å². The Morgan fingerprint density at radius 1 is 1.25 bits per heavy atom. The maximum atomic E-state index is 4.55. The number of nitrogens with one attached hydrogen (secondary N) is 1. The van der Waals surface area contributed by atoms with E-state index in [-0.39, 0.29) is 0 Å². The van der Waals surface area contributed by atoms with Gasteiger partial charge in [0.25, 0.3) is 0 Å². The van der Waals surface area contributed by atoms with Gasteiger partial charge in [0.15, 0.2) is 0 Å². The van der Waals surface area contributed by atoms with E-state index < -0.39 is 0 Å². The summed E-state index contributed by atoms with van der Waals surface area (Å²) in [7, 11) is 4.02. The van der Waals surface area contributed by atoms with Crippen LogP contribution in [-0.4, -0.2) is 16.8 Å². The third kappa shape index (κ3) is 3.10. The van der Waals surface area contributed by atoms with E-state index in [1.54, 1.807) is 0 Å². The molecule has 0 aliphatic carbocycles. The molecular weight excluding hydrogens is 246 g/mol. The molecule has 1 aromatic heterocycles. The van der Waals surface area contributed by atoms with Gasteiger partial charge in [-0.05, 0) is 50.4 Å². The monoisotopic (exact) mass is 271 g/mol. The second kappa shape index (κ2) is 6.23. The summed E-state index contributed by atoms with van der Waals surface area (Å²) in [5, 5.41) is 7.98. The lowest BCUT2D eigenvalue weighted by atomic mass is 9.96. The van der Waals surface area contributed by atoms with Gasteiger partial charge in [0.1, 0.15) is 0 Å². The minimum atomic E-state index is 0.320. The number of aryl methyl sites for hydroxylation is 4. The third-order valence-electron chi connectivity index (χ3n) is 4.01. The van der Waals surface area contributed by atoms with Crippen molar-refractivity contribution >= 4 is 0 Å². The Kier molecular flexibility index (Phi) is 4.61. The molecule has 1 unspecified atom stereocenters. The molecule has 0 amide bonds. The zero-order valence-electron chi connectivity index (χ0n) is 13.2. The van der Waals surface area contributed by atoms with E-state index in [0.29, 0.717) is 6.04 Å². The summed E-state index contributed by atoms with van der Waals surface area (Å²) in [6.45, 7) is 6.49. The third-order valence-corrected chi connectivity index (χ3v) is 4.01. The van der Waals surface area contributed by atoms with Gasteiger partial charge in [-0.15, -0.1) is 0 Å². The second-order valence-corrected chi connectivity index (χ2v) is 5.52. The zero-order valence-corrected chi connectivity index (χ0v) is 13.2. The Labute approximate surface area is 122 Å². The highest BCUT2D eigenvalue weighted by atomic mass is 15.3. The van der Waals surface area contributed by atoms with E-state index in [1.807, 2.05) is 18.8 Å². The number of hydrogen-bond donors (Lipinski definition) is 1. The summed E-state index contributed by atoms with van der Waals surface area (Å²) in [5.41, 5.74) is 6.59. The fourth-order valence-electron chi connectivity index (χ4n) is 2.65. The molecule has 1 N–H and O–H groups in total. The van der Waals surface area contributed by atoms with Crippen LogP contribution < -0.4 is 5.32 Å². The Hall–Kier alpha value is -1.61. The number of benzene rings is 1. The number of nitrogens with zero attached hydrogens (tertiary/aromatic N) is 2. The number of hydrogen-bond acceptors (Lipinski definition) is 2. The lowest BCUT2D eigenvalue weighted by Gasteiger charge is -2.17. The van der Waals surface area contributed by atoms with Crippen molar-refractivity contribution in [2.45, 2.75) is 39.7 Å². The average Bonchev–Trinajstić information content (AvgIpc) is 2.81. The first-order valence-electron chi connectivity index (χ1n) is 7.31. The lowest BCUT2D eigenvalue weighted by Crippen LogP contribution is -2.19. The molecule has 1 atom stereocenters. The molecule has 108 valence electrons. The van der Waals surface area contributed by atoms with Crippen molar-refractivity contribution in [3.8, 4) is 0 Å². The second-order valence-electron chi connectivity index (χ2n) is 5.52. The van der Waals surface area contributed by atoms with Crippen LogP contribution >= 0.6 is 0 Å². The smallest absolute Gasteiger partial charge is 0.0669 e. The van der Waals surface area contributed by atoms with Gasteiger partial charge in [-0.1, -0.05) is 25.1 Å². The van der Waals surface area contributed by atoms with Crippen molar-refractivity contribution in [2.75, 3.05) is 7.05 Å². The highest BCUT2D eigenvalue weighted by Gasteiger charge is 2.16. The van der Waals surface area contributed by atoms with Crippen LogP contribution in [0.4, 0.5) is 0 Å². The lowest BCUT2D eigenvalue weighted by molar-refractivity contribution is 0.586. The van der Waals surface area contributed by atoms with Gasteiger partial charge in [-0.2, -0.15) is 5.10 Å². The Morgan fingerprint density at radius 2 is 2.00 bits per heavy atom. The van der Waals surface area contributed by atoms with Gasteiger partial charge < -0.3 is 5.32 Å². The molecule has 3 nitrogen and oxygen atoms in total. The van der Waals surface area contributed by atoms with E-state index in [0.717, 1.165) is 12.8 Å². The topological polar surface area (TPSA) is 29.9 Å². The van der Waals surface area contributed by atoms with Crippen molar-refractivity contribution in [1.82, 2.24) is 15.1 Å². The predicted molar refractivity (Wildman–Crippen MR) is 84.0 cm³/mol. The maximum Gasteiger partial charge on any atom is 0.0669 e. The molecule has 1 heterocycles. The van der Waals surface area contributed by atoms with Crippen LogP contribution in [0.15, 0.2) is 24.4 Å². The first-order chi connectivity index (χ1) is 9.55. The fourth-order valence-corrected chi connectivity index (χ4v) is 2.65. The number of rotatable bonds is 5.